The van der Waals surface area contributed by atoms with E-state index in [0.29, 0.717) is 10.6 Å². The molecule has 25 heavy (non-hydrogen) atoms. The summed E-state index contributed by atoms with van der Waals surface area (Å²) >= 11 is 0. The molecule has 0 bridgehead atoms. The Morgan fingerprint density at radius 1 is 1.20 bits per heavy atom. The predicted molar refractivity (Wildman–Crippen MR) is 93.3 cm³/mol. The van der Waals surface area contributed by atoms with E-state index in [1.165, 1.54) is 31.2 Å². The highest BCUT2D eigenvalue weighted by molar-refractivity contribution is 7.85. The van der Waals surface area contributed by atoms with Crippen LogP contribution in [-0.4, -0.2) is 27.9 Å². The highest BCUT2D eigenvalue weighted by Crippen LogP contribution is 2.16. The first-order valence-corrected chi connectivity index (χ1v) is 8.99. The zero-order valence-corrected chi connectivity index (χ0v) is 14.6. The Bertz CT molecular complexity index is 809. The van der Waals surface area contributed by atoms with Gasteiger partial charge in [-0.1, -0.05) is 25.1 Å². The normalized spacial score (nSPS) is 12.9. The molecule has 0 aromatic heterocycles. The van der Waals surface area contributed by atoms with Crippen molar-refractivity contribution in [1.82, 2.24) is 0 Å². The van der Waals surface area contributed by atoms with Crippen molar-refractivity contribution in [3.63, 3.8) is 0 Å². The summed E-state index contributed by atoms with van der Waals surface area (Å²) in [5, 5.41) is 2.47. The number of hydrogen-bond donors (Lipinski definition) is 1. The second-order valence-electron chi connectivity index (χ2n) is 5.18. The maximum Gasteiger partial charge on any atom is 0.340 e. The number of nitrogens with one attached hydrogen (secondary N) is 1. The third kappa shape index (κ3) is 4.96. The van der Waals surface area contributed by atoms with Gasteiger partial charge < -0.3 is 10.1 Å². The van der Waals surface area contributed by atoms with E-state index in [4.69, 9.17) is 4.74 Å². The maximum atomic E-state index is 13.1. The summed E-state index contributed by atoms with van der Waals surface area (Å²) in [6.45, 7) is 3.15. The number of hydrogen-bond acceptors (Lipinski definition) is 4. The lowest BCUT2D eigenvalue weighted by molar-refractivity contribution is -0.123. The number of benzene rings is 2. The first-order chi connectivity index (χ1) is 11.9. The minimum absolute atomic E-state index is 0.160. The Hall–Kier alpha value is -2.54. The topological polar surface area (TPSA) is 72.5 Å². The number of rotatable bonds is 6. The molecule has 0 aliphatic rings. The fourth-order valence-corrected chi connectivity index (χ4v) is 3.02. The van der Waals surface area contributed by atoms with Gasteiger partial charge in [-0.15, -0.1) is 0 Å². The van der Waals surface area contributed by atoms with Crippen LogP contribution in [0.1, 0.15) is 24.2 Å². The number of carbonyl (C=O) groups excluding carboxylic acids is 2. The zero-order valence-electron chi connectivity index (χ0n) is 13.8. The Morgan fingerprint density at radius 3 is 2.60 bits per heavy atom. The molecule has 5 nitrogen and oxygen atoms in total. The van der Waals surface area contributed by atoms with Crippen LogP contribution in [0.5, 0.6) is 0 Å². The summed E-state index contributed by atoms with van der Waals surface area (Å²) in [4.78, 5) is 24.8. The minimum Gasteiger partial charge on any atom is -0.449 e. The molecule has 0 saturated heterocycles. The van der Waals surface area contributed by atoms with Crippen LogP contribution in [0.25, 0.3) is 0 Å². The van der Waals surface area contributed by atoms with Gasteiger partial charge in [0, 0.05) is 11.4 Å². The van der Waals surface area contributed by atoms with Gasteiger partial charge >= 0.3 is 5.97 Å². The molecule has 0 aliphatic carbocycles. The standard InChI is InChI=1S/C18H18FNO4S/c1-3-25(23)16-10-5-4-9-15(16)18(22)24-12(2)17(21)20-14-8-6-7-13(19)11-14/h4-12H,3H2,1-2H3,(H,20,21)/t12-,25+/m1/s1. The third-order valence-electron chi connectivity index (χ3n) is 3.36. The monoisotopic (exact) mass is 363 g/mol. The van der Waals surface area contributed by atoms with Gasteiger partial charge in [-0.25, -0.2) is 9.18 Å². The van der Waals surface area contributed by atoms with Gasteiger partial charge in [0.15, 0.2) is 6.10 Å². The molecule has 0 fully saturated rings. The van der Waals surface area contributed by atoms with Crippen LogP contribution in [0.2, 0.25) is 0 Å². The fraction of sp³-hybridized carbons (Fsp3) is 0.222. The molecule has 0 heterocycles. The maximum absolute atomic E-state index is 13.1. The zero-order chi connectivity index (χ0) is 18.4. The van der Waals surface area contributed by atoms with Crippen molar-refractivity contribution in [3.8, 4) is 0 Å². The van der Waals surface area contributed by atoms with Crippen molar-refractivity contribution < 1.29 is 22.9 Å². The molecule has 0 radical (unpaired) electrons. The van der Waals surface area contributed by atoms with Gasteiger partial charge in [0.2, 0.25) is 0 Å². The average molecular weight is 363 g/mol. The highest BCUT2D eigenvalue weighted by atomic mass is 32.2. The smallest absolute Gasteiger partial charge is 0.340 e. The summed E-state index contributed by atoms with van der Waals surface area (Å²) in [5.41, 5.74) is 0.425. The molecule has 0 saturated carbocycles. The number of amides is 1. The number of esters is 1. The molecule has 0 aliphatic heterocycles. The van der Waals surface area contributed by atoms with Gasteiger partial charge in [0.05, 0.1) is 21.3 Å². The van der Waals surface area contributed by atoms with E-state index in [0.717, 1.165) is 6.07 Å². The van der Waals surface area contributed by atoms with E-state index in [1.54, 1.807) is 25.1 Å². The molecular formula is C18H18FNO4S. The van der Waals surface area contributed by atoms with Crippen molar-refractivity contribution in [2.24, 2.45) is 0 Å². The van der Waals surface area contributed by atoms with Crippen molar-refractivity contribution in [3.05, 3.63) is 59.9 Å². The quantitative estimate of drug-likeness (QED) is 0.801. The van der Waals surface area contributed by atoms with Gasteiger partial charge in [-0.2, -0.15) is 0 Å². The number of anilines is 1. The summed E-state index contributed by atoms with van der Waals surface area (Å²) in [6, 6.07) is 11.8. The lowest BCUT2D eigenvalue weighted by Crippen LogP contribution is -2.30. The van der Waals surface area contributed by atoms with Gasteiger partial charge in [0.1, 0.15) is 5.82 Å². The third-order valence-corrected chi connectivity index (χ3v) is 4.73. The molecule has 1 N–H and O–H groups in total. The largest absolute Gasteiger partial charge is 0.449 e. The fourth-order valence-electron chi connectivity index (χ4n) is 2.08. The molecule has 2 aromatic carbocycles. The molecule has 1 amide bonds. The molecule has 0 unspecified atom stereocenters. The first kappa shape index (κ1) is 18.8. The van der Waals surface area contributed by atoms with E-state index in [2.05, 4.69) is 5.32 Å². The Morgan fingerprint density at radius 2 is 1.92 bits per heavy atom. The van der Waals surface area contributed by atoms with Crippen LogP contribution in [0, 0.1) is 5.82 Å². The summed E-state index contributed by atoms with van der Waals surface area (Å²) in [5.74, 6) is -1.45. The van der Waals surface area contributed by atoms with E-state index in [1.807, 2.05) is 0 Å². The van der Waals surface area contributed by atoms with Gasteiger partial charge in [0.25, 0.3) is 5.91 Å². The van der Waals surface area contributed by atoms with Crippen molar-refractivity contribution in [2.45, 2.75) is 24.8 Å². The minimum atomic E-state index is -1.33. The average Bonchev–Trinajstić information content (AvgIpc) is 2.60. The van der Waals surface area contributed by atoms with Crippen molar-refractivity contribution >= 4 is 28.4 Å². The van der Waals surface area contributed by atoms with Crippen LogP contribution >= 0.6 is 0 Å². The van der Waals surface area contributed by atoms with Crippen LogP contribution < -0.4 is 5.32 Å². The van der Waals surface area contributed by atoms with E-state index < -0.39 is 34.6 Å². The van der Waals surface area contributed by atoms with Gasteiger partial charge in [-0.3, -0.25) is 9.00 Å². The summed E-state index contributed by atoms with van der Waals surface area (Å²) in [6.07, 6.45) is -1.10. The SMILES string of the molecule is CC[S@](=O)c1ccccc1C(=O)O[C@H](C)C(=O)Nc1cccc(F)c1. The summed E-state index contributed by atoms with van der Waals surface area (Å²) < 4.78 is 30.3. The molecular weight excluding hydrogens is 345 g/mol. The second-order valence-corrected chi connectivity index (χ2v) is 6.89. The molecule has 132 valence electrons. The van der Waals surface area contributed by atoms with Crippen LogP contribution in [0.4, 0.5) is 10.1 Å². The van der Waals surface area contributed by atoms with E-state index in [9.17, 15) is 18.2 Å². The second kappa shape index (κ2) is 8.53. The molecule has 2 aromatic rings. The van der Waals surface area contributed by atoms with Crippen molar-refractivity contribution in [1.29, 1.82) is 0 Å². The van der Waals surface area contributed by atoms with Crippen LogP contribution in [0.3, 0.4) is 0 Å². The molecule has 0 spiro atoms. The number of carbonyl (C=O) groups is 2. The highest BCUT2D eigenvalue weighted by Gasteiger charge is 2.22. The lowest BCUT2D eigenvalue weighted by atomic mass is 10.2. The van der Waals surface area contributed by atoms with E-state index >= 15 is 0 Å². The molecule has 2 rings (SSSR count). The number of halogens is 1. The Kier molecular flexibility index (Phi) is 6.41. The molecule has 7 heteroatoms. The van der Waals surface area contributed by atoms with Crippen LogP contribution in [0.15, 0.2) is 53.4 Å². The van der Waals surface area contributed by atoms with Crippen molar-refractivity contribution in [2.75, 3.05) is 11.1 Å². The van der Waals surface area contributed by atoms with Gasteiger partial charge in [-0.05, 0) is 37.3 Å². The van der Waals surface area contributed by atoms with E-state index in [-0.39, 0.29) is 11.3 Å². The first-order valence-electron chi connectivity index (χ1n) is 7.67. The Labute approximate surface area is 147 Å². The molecule has 2 atom stereocenters. The Balaban J connectivity index is 2.07. The lowest BCUT2D eigenvalue weighted by Gasteiger charge is -2.15. The summed E-state index contributed by atoms with van der Waals surface area (Å²) in [7, 11) is -1.33. The number of ether oxygens (including phenoxy) is 1. The van der Waals surface area contributed by atoms with Crippen LogP contribution in [-0.2, 0) is 20.3 Å². The predicted octanol–water partition coefficient (Wildman–Crippen LogP) is 3.14.